The Kier molecular flexibility index (Phi) is 5.35. The molecular weight excluding hydrogens is 303 g/mol. The Bertz CT molecular complexity index is 582. The smallest absolute Gasteiger partial charge is 0.126 e. The van der Waals surface area contributed by atoms with Crippen molar-refractivity contribution in [3.8, 4) is 0 Å². The van der Waals surface area contributed by atoms with Crippen LogP contribution in [0.3, 0.4) is 0 Å². The van der Waals surface area contributed by atoms with Crippen molar-refractivity contribution in [3.05, 3.63) is 69.2 Å². The highest BCUT2D eigenvalue weighted by molar-refractivity contribution is 6.42. The predicted molar refractivity (Wildman–Crippen MR) is 78.2 cm³/mol. The second-order valence-electron chi connectivity index (χ2n) is 4.42. The Balaban J connectivity index is 1.86. The van der Waals surface area contributed by atoms with Crippen molar-refractivity contribution in [3.63, 3.8) is 0 Å². The largest absolute Gasteiger partial charge is 0.312 e. The summed E-state index contributed by atoms with van der Waals surface area (Å²) in [6, 6.07) is 8.95. The van der Waals surface area contributed by atoms with Crippen molar-refractivity contribution >= 4 is 23.2 Å². The second kappa shape index (κ2) is 7.02. The van der Waals surface area contributed by atoms with E-state index in [1.807, 2.05) is 12.1 Å². The summed E-state index contributed by atoms with van der Waals surface area (Å²) in [5, 5.41) is 4.21. The molecule has 0 amide bonds. The average molecular weight is 316 g/mol. The van der Waals surface area contributed by atoms with Crippen molar-refractivity contribution in [2.24, 2.45) is 0 Å². The maximum Gasteiger partial charge on any atom is 0.126 e. The van der Waals surface area contributed by atoms with Crippen molar-refractivity contribution in [2.75, 3.05) is 6.54 Å². The van der Waals surface area contributed by atoms with Gasteiger partial charge in [-0.25, -0.2) is 8.78 Å². The van der Waals surface area contributed by atoms with E-state index >= 15 is 0 Å². The lowest BCUT2D eigenvalue weighted by atomic mass is 10.1. The van der Waals surface area contributed by atoms with Crippen LogP contribution in [0.5, 0.6) is 0 Å². The van der Waals surface area contributed by atoms with E-state index < -0.39 is 11.6 Å². The summed E-state index contributed by atoms with van der Waals surface area (Å²) in [5.74, 6) is -1.12. The topological polar surface area (TPSA) is 12.0 Å². The molecule has 0 fully saturated rings. The monoisotopic (exact) mass is 315 g/mol. The molecule has 0 spiro atoms. The van der Waals surface area contributed by atoms with Crippen LogP contribution in [-0.2, 0) is 13.0 Å². The van der Waals surface area contributed by atoms with Crippen molar-refractivity contribution in [1.29, 1.82) is 0 Å². The maximum atomic E-state index is 13.0. The molecular formula is C15H13Cl2F2N. The van der Waals surface area contributed by atoms with E-state index in [0.717, 1.165) is 11.6 Å². The first-order valence-corrected chi connectivity index (χ1v) is 6.90. The van der Waals surface area contributed by atoms with Crippen LogP contribution in [0.2, 0.25) is 10.0 Å². The molecule has 0 atom stereocenters. The third-order valence-electron chi connectivity index (χ3n) is 2.86. The summed E-state index contributed by atoms with van der Waals surface area (Å²) in [6.07, 6.45) is 0.535. The van der Waals surface area contributed by atoms with Crippen LogP contribution in [0.1, 0.15) is 11.1 Å². The van der Waals surface area contributed by atoms with Crippen LogP contribution in [-0.4, -0.2) is 6.54 Å². The molecule has 20 heavy (non-hydrogen) atoms. The Morgan fingerprint density at radius 3 is 2.40 bits per heavy atom. The van der Waals surface area contributed by atoms with Crippen LogP contribution in [0.15, 0.2) is 36.4 Å². The Hall–Kier alpha value is -1.16. The fraction of sp³-hybridized carbons (Fsp3) is 0.200. The van der Waals surface area contributed by atoms with Crippen molar-refractivity contribution in [2.45, 2.75) is 13.0 Å². The lowest BCUT2D eigenvalue weighted by Crippen LogP contribution is -2.17. The molecule has 5 heteroatoms. The van der Waals surface area contributed by atoms with Crippen molar-refractivity contribution in [1.82, 2.24) is 5.32 Å². The zero-order chi connectivity index (χ0) is 14.5. The number of rotatable bonds is 5. The van der Waals surface area contributed by atoms with Gasteiger partial charge in [0.2, 0.25) is 0 Å². The fourth-order valence-corrected chi connectivity index (χ4v) is 2.28. The highest BCUT2D eigenvalue weighted by Gasteiger charge is 2.04. The zero-order valence-electron chi connectivity index (χ0n) is 10.6. The first kappa shape index (κ1) is 15.2. The van der Waals surface area contributed by atoms with Gasteiger partial charge in [0.25, 0.3) is 0 Å². The van der Waals surface area contributed by atoms with Crippen LogP contribution < -0.4 is 5.32 Å². The average Bonchev–Trinajstić information content (AvgIpc) is 2.38. The molecule has 0 saturated carbocycles. The van der Waals surface area contributed by atoms with Gasteiger partial charge in [-0.3, -0.25) is 0 Å². The first-order chi connectivity index (χ1) is 9.56. The summed E-state index contributed by atoms with van der Waals surface area (Å²) >= 11 is 12.0. The van der Waals surface area contributed by atoms with Crippen LogP contribution in [0.25, 0.3) is 0 Å². The maximum absolute atomic E-state index is 13.0. The summed E-state index contributed by atoms with van der Waals surface area (Å²) in [6.45, 7) is 1.14. The van der Waals surface area contributed by atoms with E-state index in [0.29, 0.717) is 35.1 Å². The molecule has 1 nitrogen and oxygen atoms in total. The molecule has 0 unspecified atom stereocenters. The SMILES string of the molecule is Fc1cc(F)cc(CCNCc2cccc(Cl)c2Cl)c1. The molecule has 0 saturated heterocycles. The number of halogens is 4. The minimum absolute atomic E-state index is 0.512. The molecule has 106 valence electrons. The lowest BCUT2D eigenvalue weighted by Gasteiger charge is -2.08. The number of nitrogens with one attached hydrogen (secondary N) is 1. The second-order valence-corrected chi connectivity index (χ2v) is 5.20. The third kappa shape index (κ3) is 4.17. The van der Waals surface area contributed by atoms with Gasteiger partial charge in [0.15, 0.2) is 0 Å². The van der Waals surface area contributed by atoms with E-state index in [-0.39, 0.29) is 0 Å². The summed E-state index contributed by atoms with van der Waals surface area (Å²) < 4.78 is 26.0. The van der Waals surface area contributed by atoms with Gasteiger partial charge in [0.05, 0.1) is 10.0 Å². The minimum Gasteiger partial charge on any atom is -0.312 e. The molecule has 2 aromatic rings. The highest BCUT2D eigenvalue weighted by atomic mass is 35.5. The van der Waals surface area contributed by atoms with E-state index in [9.17, 15) is 8.78 Å². The van der Waals surface area contributed by atoms with Gasteiger partial charge >= 0.3 is 0 Å². The van der Waals surface area contributed by atoms with Gasteiger partial charge in [-0.15, -0.1) is 0 Å². The zero-order valence-corrected chi connectivity index (χ0v) is 12.1. The van der Waals surface area contributed by atoms with Crippen LogP contribution in [0, 0.1) is 11.6 Å². The molecule has 0 aliphatic rings. The fourth-order valence-electron chi connectivity index (χ4n) is 1.90. The number of hydrogen-bond acceptors (Lipinski definition) is 1. The molecule has 0 aliphatic carbocycles. The minimum atomic E-state index is -0.558. The third-order valence-corrected chi connectivity index (χ3v) is 3.72. The Labute approximate surface area is 126 Å². The first-order valence-electron chi connectivity index (χ1n) is 6.15. The molecule has 0 radical (unpaired) electrons. The molecule has 0 aliphatic heterocycles. The summed E-state index contributed by atoms with van der Waals surface area (Å²) in [4.78, 5) is 0. The summed E-state index contributed by atoms with van der Waals surface area (Å²) in [5.41, 5.74) is 1.51. The predicted octanol–water partition coefficient (Wildman–Crippen LogP) is 4.60. The van der Waals surface area contributed by atoms with Crippen LogP contribution in [0.4, 0.5) is 8.78 Å². The quantitative estimate of drug-likeness (QED) is 0.795. The van der Waals surface area contributed by atoms with Gasteiger partial charge < -0.3 is 5.32 Å². The molecule has 0 bridgehead atoms. The summed E-state index contributed by atoms with van der Waals surface area (Å²) in [7, 11) is 0. The van der Waals surface area contributed by atoms with E-state index in [1.54, 1.807) is 6.07 Å². The lowest BCUT2D eigenvalue weighted by molar-refractivity contribution is 0.577. The van der Waals surface area contributed by atoms with Gasteiger partial charge in [0, 0.05) is 12.6 Å². The number of benzene rings is 2. The van der Waals surface area contributed by atoms with Crippen molar-refractivity contribution < 1.29 is 8.78 Å². The number of hydrogen-bond donors (Lipinski definition) is 1. The Morgan fingerprint density at radius 2 is 1.70 bits per heavy atom. The molecule has 0 heterocycles. The molecule has 2 rings (SSSR count). The normalized spacial score (nSPS) is 10.8. The molecule has 1 N–H and O–H groups in total. The van der Waals surface area contributed by atoms with E-state index in [4.69, 9.17) is 23.2 Å². The van der Waals surface area contributed by atoms with E-state index in [1.165, 1.54) is 12.1 Å². The van der Waals surface area contributed by atoms with Gasteiger partial charge in [-0.1, -0.05) is 35.3 Å². The standard InChI is InChI=1S/C15H13Cl2F2N/c16-14-3-1-2-11(15(14)17)9-20-5-4-10-6-12(18)8-13(19)7-10/h1-3,6-8,20H,4-5,9H2. The van der Waals surface area contributed by atoms with Gasteiger partial charge in [-0.2, -0.15) is 0 Å². The van der Waals surface area contributed by atoms with Gasteiger partial charge in [0.1, 0.15) is 11.6 Å². The van der Waals surface area contributed by atoms with Crippen LogP contribution >= 0.6 is 23.2 Å². The van der Waals surface area contributed by atoms with Gasteiger partial charge in [-0.05, 0) is 42.3 Å². The molecule has 0 aromatic heterocycles. The van der Waals surface area contributed by atoms with E-state index in [2.05, 4.69) is 5.32 Å². The molecule has 2 aromatic carbocycles. The Morgan fingerprint density at radius 1 is 1.00 bits per heavy atom. The highest BCUT2D eigenvalue weighted by Crippen LogP contribution is 2.25.